The molecule has 2 aromatic rings. The normalized spacial score (nSPS) is 15.9. The first-order valence-electron chi connectivity index (χ1n) is 6.54. The van der Waals surface area contributed by atoms with Gasteiger partial charge in [0.15, 0.2) is 0 Å². The van der Waals surface area contributed by atoms with Gasteiger partial charge >= 0.3 is 0 Å². The molecule has 0 amide bonds. The Morgan fingerprint density at radius 1 is 1.29 bits per heavy atom. The van der Waals surface area contributed by atoms with E-state index >= 15 is 0 Å². The van der Waals surface area contributed by atoms with E-state index in [2.05, 4.69) is 22.0 Å². The van der Waals surface area contributed by atoms with Gasteiger partial charge in [0.2, 0.25) is 4.80 Å². The van der Waals surface area contributed by atoms with Gasteiger partial charge in [-0.25, -0.2) is 9.67 Å². The zero-order valence-electron chi connectivity index (χ0n) is 11.7. The second kappa shape index (κ2) is 7.31. The van der Waals surface area contributed by atoms with Crippen LogP contribution in [0.4, 0.5) is 5.69 Å². The highest BCUT2D eigenvalue weighted by Gasteiger charge is 2.14. The van der Waals surface area contributed by atoms with Crippen LogP contribution in [-0.2, 0) is 4.74 Å². The molecule has 0 radical (unpaired) electrons. The van der Waals surface area contributed by atoms with E-state index in [0.717, 1.165) is 36.8 Å². The SMILES string of the molecule is Cc1csc(=Nc2cccc(Cl)c2)n1N1CCOCC1.Cl. The third kappa shape index (κ3) is 3.80. The Labute approximate surface area is 139 Å². The highest BCUT2D eigenvalue weighted by atomic mass is 35.5. The number of nitrogens with zero attached hydrogens (tertiary/aromatic N) is 3. The van der Waals surface area contributed by atoms with E-state index in [1.807, 2.05) is 24.3 Å². The molecule has 1 aromatic heterocycles. The summed E-state index contributed by atoms with van der Waals surface area (Å²) in [6.45, 7) is 5.40. The average molecular weight is 346 g/mol. The molecule has 1 saturated heterocycles. The summed E-state index contributed by atoms with van der Waals surface area (Å²) >= 11 is 7.66. The van der Waals surface area contributed by atoms with E-state index in [1.54, 1.807) is 11.3 Å². The van der Waals surface area contributed by atoms with Crippen LogP contribution < -0.4 is 9.81 Å². The van der Waals surface area contributed by atoms with Crippen molar-refractivity contribution in [3.05, 3.63) is 45.2 Å². The summed E-state index contributed by atoms with van der Waals surface area (Å²) in [7, 11) is 0. The Bertz CT molecular complexity index is 662. The molecule has 2 heterocycles. The number of hydrogen-bond acceptors (Lipinski definition) is 4. The molecule has 1 aliphatic heterocycles. The second-order valence-electron chi connectivity index (χ2n) is 4.63. The second-order valence-corrected chi connectivity index (χ2v) is 5.90. The van der Waals surface area contributed by atoms with Crippen LogP contribution in [0, 0.1) is 6.92 Å². The van der Waals surface area contributed by atoms with Gasteiger partial charge in [-0.15, -0.1) is 23.7 Å². The maximum atomic E-state index is 6.01. The van der Waals surface area contributed by atoms with Crippen LogP contribution in [-0.4, -0.2) is 31.0 Å². The van der Waals surface area contributed by atoms with E-state index in [-0.39, 0.29) is 12.4 Å². The Morgan fingerprint density at radius 3 is 2.76 bits per heavy atom. The minimum atomic E-state index is 0. The predicted octanol–water partition coefficient (Wildman–Crippen LogP) is 3.13. The summed E-state index contributed by atoms with van der Waals surface area (Å²) in [6, 6.07) is 7.61. The summed E-state index contributed by atoms with van der Waals surface area (Å²) in [5.74, 6) is 0. The van der Waals surface area contributed by atoms with Crippen LogP contribution in [0.5, 0.6) is 0 Å². The molecule has 114 valence electrons. The summed E-state index contributed by atoms with van der Waals surface area (Å²) in [4.78, 5) is 5.68. The molecule has 1 aromatic carbocycles. The molecule has 3 rings (SSSR count). The number of benzene rings is 1. The molecule has 0 saturated carbocycles. The smallest absolute Gasteiger partial charge is 0.209 e. The summed E-state index contributed by atoms with van der Waals surface area (Å²) in [6.07, 6.45) is 0. The van der Waals surface area contributed by atoms with Crippen LogP contribution in [0.3, 0.4) is 0 Å². The van der Waals surface area contributed by atoms with Crippen LogP contribution in [0.15, 0.2) is 34.6 Å². The van der Waals surface area contributed by atoms with E-state index < -0.39 is 0 Å². The minimum Gasteiger partial charge on any atom is -0.378 e. The number of thiazole rings is 1. The predicted molar refractivity (Wildman–Crippen MR) is 89.7 cm³/mol. The van der Waals surface area contributed by atoms with Gasteiger partial charge < -0.3 is 9.75 Å². The lowest BCUT2D eigenvalue weighted by molar-refractivity contribution is 0.110. The van der Waals surface area contributed by atoms with Crippen molar-refractivity contribution in [1.29, 1.82) is 0 Å². The van der Waals surface area contributed by atoms with Crippen molar-refractivity contribution in [3.63, 3.8) is 0 Å². The number of aromatic nitrogens is 1. The molecule has 0 unspecified atom stereocenters. The summed E-state index contributed by atoms with van der Waals surface area (Å²) < 4.78 is 7.59. The zero-order valence-corrected chi connectivity index (χ0v) is 14.0. The summed E-state index contributed by atoms with van der Waals surface area (Å²) in [5, 5.41) is 5.11. The molecule has 7 heteroatoms. The molecule has 0 spiro atoms. The van der Waals surface area contributed by atoms with Gasteiger partial charge in [-0.1, -0.05) is 17.7 Å². The first-order chi connectivity index (χ1) is 9.74. The number of halogens is 2. The topological polar surface area (TPSA) is 29.8 Å². The standard InChI is InChI=1S/C14H16ClN3OS.ClH/c1-11-10-20-14(16-13-4-2-3-12(15)9-13)18(11)17-5-7-19-8-6-17;/h2-4,9-10H,5-8H2,1H3;1H. The van der Waals surface area contributed by atoms with Crippen molar-refractivity contribution < 1.29 is 4.74 Å². The largest absolute Gasteiger partial charge is 0.378 e. The molecule has 1 fully saturated rings. The number of ether oxygens (including phenoxy) is 1. The maximum Gasteiger partial charge on any atom is 0.209 e. The lowest BCUT2D eigenvalue weighted by atomic mass is 10.3. The highest BCUT2D eigenvalue weighted by molar-refractivity contribution is 7.07. The van der Waals surface area contributed by atoms with E-state index in [0.29, 0.717) is 5.02 Å². The van der Waals surface area contributed by atoms with Crippen molar-refractivity contribution in [2.24, 2.45) is 4.99 Å². The van der Waals surface area contributed by atoms with Crippen molar-refractivity contribution in [3.8, 4) is 0 Å². The maximum absolute atomic E-state index is 6.01. The molecule has 21 heavy (non-hydrogen) atoms. The van der Waals surface area contributed by atoms with Crippen LogP contribution in [0.2, 0.25) is 5.02 Å². The lowest BCUT2D eigenvalue weighted by Gasteiger charge is -2.30. The van der Waals surface area contributed by atoms with Gasteiger partial charge in [0.05, 0.1) is 32.0 Å². The van der Waals surface area contributed by atoms with Crippen molar-refractivity contribution in [1.82, 2.24) is 4.68 Å². The van der Waals surface area contributed by atoms with Crippen LogP contribution in [0.25, 0.3) is 0 Å². The van der Waals surface area contributed by atoms with Crippen molar-refractivity contribution in [2.45, 2.75) is 6.92 Å². The van der Waals surface area contributed by atoms with Gasteiger partial charge in [-0.05, 0) is 25.1 Å². The first kappa shape index (κ1) is 16.4. The number of hydrogen-bond donors (Lipinski definition) is 0. The Kier molecular flexibility index (Phi) is 5.70. The third-order valence-corrected chi connectivity index (χ3v) is 4.32. The lowest BCUT2D eigenvalue weighted by Crippen LogP contribution is -2.48. The molecular weight excluding hydrogens is 329 g/mol. The molecule has 0 N–H and O–H groups in total. The molecule has 0 bridgehead atoms. The fraction of sp³-hybridized carbons (Fsp3) is 0.357. The monoisotopic (exact) mass is 345 g/mol. The summed E-state index contributed by atoms with van der Waals surface area (Å²) in [5.41, 5.74) is 2.07. The third-order valence-electron chi connectivity index (χ3n) is 3.15. The van der Waals surface area contributed by atoms with Crippen molar-refractivity contribution in [2.75, 3.05) is 31.3 Å². The van der Waals surface area contributed by atoms with Gasteiger partial charge in [-0.2, -0.15) is 0 Å². The first-order valence-corrected chi connectivity index (χ1v) is 7.80. The molecule has 4 nitrogen and oxygen atoms in total. The molecule has 1 aliphatic rings. The fourth-order valence-electron chi connectivity index (χ4n) is 2.22. The number of morpholine rings is 1. The number of aryl methyl sites for hydroxylation is 1. The Morgan fingerprint density at radius 2 is 2.05 bits per heavy atom. The Balaban J connectivity index is 0.00000161. The minimum absolute atomic E-state index is 0. The Hall–Kier alpha value is -1.01. The van der Waals surface area contributed by atoms with E-state index in [9.17, 15) is 0 Å². The van der Waals surface area contributed by atoms with Gasteiger partial charge in [0, 0.05) is 16.1 Å². The van der Waals surface area contributed by atoms with Gasteiger partial charge in [0.1, 0.15) is 0 Å². The van der Waals surface area contributed by atoms with E-state index in [1.165, 1.54) is 5.69 Å². The highest BCUT2D eigenvalue weighted by Crippen LogP contribution is 2.17. The quantitative estimate of drug-likeness (QED) is 0.836. The van der Waals surface area contributed by atoms with E-state index in [4.69, 9.17) is 21.3 Å². The average Bonchev–Trinajstić information content (AvgIpc) is 2.81. The van der Waals surface area contributed by atoms with Gasteiger partial charge in [0.25, 0.3) is 0 Å². The zero-order chi connectivity index (χ0) is 13.9. The van der Waals surface area contributed by atoms with Gasteiger partial charge in [-0.3, -0.25) is 0 Å². The number of rotatable bonds is 2. The van der Waals surface area contributed by atoms with Crippen LogP contribution in [0.1, 0.15) is 5.69 Å². The molecule has 0 aliphatic carbocycles. The van der Waals surface area contributed by atoms with Crippen LogP contribution >= 0.6 is 35.3 Å². The molecule has 0 atom stereocenters. The van der Waals surface area contributed by atoms with Crippen molar-refractivity contribution >= 4 is 41.0 Å². The fourth-order valence-corrected chi connectivity index (χ4v) is 3.29. The molecular formula is C14H17Cl2N3OS.